The summed E-state index contributed by atoms with van der Waals surface area (Å²) in [4.78, 5) is 8.36. The van der Waals surface area contributed by atoms with Gasteiger partial charge in [-0.25, -0.2) is 0 Å². The van der Waals surface area contributed by atoms with Crippen LogP contribution in [0.3, 0.4) is 0 Å². The Morgan fingerprint density at radius 2 is 1.67 bits per heavy atom. The summed E-state index contributed by atoms with van der Waals surface area (Å²) in [7, 11) is 0. The molecule has 0 unspecified atom stereocenters. The van der Waals surface area contributed by atoms with Crippen LogP contribution in [0.4, 0.5) is 0 Å². The molecule has 0 atom stereocenters. The second kappa shape index (κ2) is 9.21. The Morgan fingerprint density at radius 1 is 1.67 bits per heavy atom. The van der Waals surface area contributed by atoms with E-state index >= 15 is 0 Å². The first-order valence-electron chi connectivity index (χ1n) is 0.565. The Balaban J connectivity index is -0.0000000450. The molecule has 0 amide bonds. The first-order chi connectivity index (χ1) is 1.73. The van der Waals surface area contributed by atoms with Crippen molar-refractivity contribution in [3.63, 3.8) is 0 Å². The minimum Gasteiger partial charge on any atom is -0.328 e. The molecule has 0 aromatic heterocycles. The Hall–Kier alpha value is 0.719. The van der Waals surface area contributed by atoms with Gasteiger partial charge in [0.05, 0.1) is 0 Å². The fourth-order valence-corrected chi connectivity index (χ4v) is 0. The fourth-order valence-electron chi connectivity index (χ4n) is 0. The van der Waals surface area contributed by atoms with Gasteiger partial charge in [-0.3, -0.25) is 0 Å². The van der Waals surface area contributed by atoms with Gasteiger partial charge in [-0.05, 0) is 0 Å². The van der Waals surface area contributed by atoms with Crippen LogP contribution in [0.5, 0.6) is 0 Å². The summed E-state index contributed by atoms with van der Waals surface area (Å²) in [5.74, 6) is 0. The van der Waals surface area contributed by atoms with Crippen LogP contribution >= 0.6 is 0 Å². The van der Waals surface area contributed by atoms with Gasteiger partial charge in [-0.2, -0.15) is 0 Å². The predicted molar refractivity (Wildman–Crippen MR) is 14.5 cm³/mol. The van der Waals surface area contributed by atoms with Crippen molar-refractivity contribution < 1.29 is 27.4 Å². The molecule has 0 aromatic rings. The third-order valence-electron chi connectivity index (χ3n) is 0. The van der Waals surface area contributed by atoms with Crippen molar-refractivity contribution in [2.45, 2.75) is 0 Å². The van der Waals surface area contributed by atoms with Crippen LogP contribution in [-0.4, -0.2) is 39.9 Å². The standard InChI is InChI=1S/Cu.HNO3.Na/c;2-1(3)4;/h;(H,2,3,4);. The van der Waals surface area contributed by atoms with Crippen molar-refractivity contribution in [1.29, 1.82) is 0 Å². The van der Waals surface area contributed by atoms with Gasteiger partial charge in [0.15, 0.2) is 0 Å². The molecule has 0 bridgehead atoms. The smallest absolute Gasteiger partial charge is 0.291 e. The molecule has 1 N–H and O–H groups in total. The van der Waals surface area contributed by atoms with Crippen molar-refractivity contribution in [3.05, 3.63) is 10.1 Å². The molecule has 0 aliphatic rings. The molecule has 0 saturated carbocycles. The van der Waals surface area contributed by atoms with Crippen LogP contribution in [0.2, 0.25) is 0 Å². The zero-order valence-electron chi connectivity index (χ0n) is 3.01. The van der Waals surface area contributed by atoms with Gasteiger partial charge in [0.2, 0.25) is 0 Å². The summed E-state index contributed by atoms with van der Waals surface area (Å²) in [6, 6.07) is 0. The average Bonchev–Trinajstić information content (AvgIpc) is 0.811. The van der Waals surface area contributed by atoms with Crippen molar-refractivity contribution in [2.75, 3.05) is 0 Å². The van der Waals surface area contributed by atoms with Crippen LogP contribution in [0.25, 0.3) is 0 Å². The fraction of sp³-hybridized carbons (Fsp3) is 0. The average molecular weight is 150 g/mol. The number of nitrogens with zero attached hydrogens (tertiary/aromatic N) is 1. The van der Waals surface area contributed by atoms with Gasteiger partial charge in [0.1, 0.15) is 0 Å². The van der Waals surface area contributed by atoms with Crippen molar-refractivity contribution >= 4 is 29.6 Å². The van der Waals surface area contributed by atoms with E-state index in [-0.39, 0.29) is 46.6 Å². The number of rotatable bonds is 0. The number of hydrogen-bond donors (Lipinski definition) is 1. The van der Waals surface area contributed by atoms with E-state index in [1.165, 1.54) is 0 Å². The van der Waals surface area contributed by atoms with Crippen LogP contribution < -0.4 is 0 Å². The maximum atomic E-state index is 8.36. The molecule has 6 heavy (non-hydrogen) atoms. The first kappa shape index (κ1) is 15.9. The largest absolute Gasteiger partial charge is 0.328 e. The quantitative estimate of drug-likeness (QED) is 0.281. The Labute approximate surface area is 66.8 Å². The topological polar surface area (TPSA) is 63.4 Å². The molecule has 0 fully saturated rings. The molecule has 0 aromatic carbocycles. The summed E-state index contributed by atoms with van der Waals surface area (Å²) >= 11 is 0. The predicted octanol–water partition coefficient (Wildman–Crippen LogP) is -0.731. The van der Waals surface area contributed by atoms with E-state index < -0.39 is 5.09 Å². The van der Waals surface area contributed by atoms with Gasteiger partial charge in [-0.15, -0.1) is 10.1 Å². The molecule has 0 saturated heterocycles. The Kier molecular flexibility index (Phi) is 24.4. The van der Waals surface area contributed by atoms with E-state index in [1.807, 2.05) is 0 Å². The molecule has 0 spiro atoms. The van der Waals surface area contributed by atoms with Crippen LogP contribution in [0.1, 0.15) is 0 Å². The van der Waals surface area contributed by atoms with Gasteiger partial charge < -0.3 is 5.21 Å². The molecule has 0 rings (SSSR count). The summed E-state index contributed by atoms with van der Waals surface area (Å²) in [5.41, 5.74) is 0. The van der Waals surface area contributed by atoms with Crippen LogP contribution in [0.15, 0.2) is 0 Å². The Bertz CT molecular complexity index is 33.8. The normalized spacial score (nSPS) is 4.00. The molecule has 2 radical (unpaired) electrons. The van der Waals surface area contributed by atoms with Crippen molar-refractivity contribution in [2.24, 2.45) is 0 Å². The minimum absolute atomic E-state index is 0. The molecular formula is HCuNNaO3. The number of hydrogen-bond acceptors (Lipinski definition) is 2. The second-order valence-electron chi connectivity index (χ2n) is 0.238. The molecule has 0 aliphatic carbocycles. The molecule has 0 aliphatic heterocycles. The van der Waals surface area contributed by atoms with Gasteiger partial charge in [0, 0.05) is 46.6 Å². The van der Waals surface area contributed by atoms with E-state index in [4.69, 9.17) is 15.3 Å². The van der Waals surface area contributed by atoms with E-state index in [2.05, 4.69) is 0 Å². The summed E-state index contributed by atoms with van der Waals surface area (Å²) in [6.45, 7) is 0. The van der Waals surface area contributed by atoms with E-state index in [9.17, 15) is 0 Å². The molecule has 36 valence electrons. The SMILES string of the molecule is O=[N+]([O-])O.[Cu].[Na]. The maximum absolute atomic E-state index is 8.36. The third kappa shape index (κ3) is 126. The molecular weight excluding hydrogens is 149 g/mol. The first-order valence-corrected chi connectivity index (χ1v) is 0.565. The van der Waals surface area contributed by atoms with E-state index in [1.54, 1.807) is 0 Å². The molecule has 4 nitrogen and oxygen atoms in total. The second-order valence-corrected chi connectivity index (χ2v) is 0.238. The van der Waals surface area contributed by atoms with Gasteiger partial charge in [-0.1, -0.05) is 0 Å². The zero-order valence-corrected chi connectivity index (χ0v) is 5.95. The van der Waals surface area contributed by atoms with Crippen LogP contribution in [-0.2, 0) is 17.1 Å². The summed E-state index contributed by atoms with van der Waals surface area (Å²) in [6.07, 6.45) is 0. The van der Waals surface area contributed by atoms with Crippen molar-refractivity contribution in [1.82, 2.24) is 0 Å². The van der Waals surface area contributed by atoms with Crippen LogP contribution in [0, 0.1) is 10.1 Å². The maximum Gasteiger partial charge on any atom is 0.291 e. The summed E-state index contributed by atoms with van der Waals surface area (Å²) in [5, 5.41) is 13.6. The van der Waals surface area contributed by atoms with E-state index in [0.717, 1.165) is 0 Å². The minimum atomic E-state index is -1.50. The molecule has 6 heteroatoms. The third-order valence-corrected chi connectivity index (χ3v) is 0. The van der Waals surface area contributed by atoms with E-state index in [0.29, 0.717) is 0 Å². The Morgan fingerprint density at radius 3 is 1.67 bits per heavy atom. The molecule has 0 heterocycles. The van der Waals surface area contributed by atoms with Crippen molar-refractivity contribution in [3.8, 4) is 0 Å². The van der Waals surface area contributed by atoms with Gasteiger partial charge >= 0.3 is 0 Å². The summed E-state index contributed by atoms with van der Waals surface area (Å²) < 4.78 is 0. The van der Waals surface area contributed by atoms with Gasteiger partial charge in [0.25, 0.3) is 5.09 Å². The monoisotopic (exact) mass is 149 g/mol. The zero-order chi connectivity index (χ0) is 3.58.